The van der Waals surface area contributed by atoms with Crippen molar-refractivity contribution in [3.8, 4) is 0 Å². The highest BCUT2D eigenvalue weighted by Crippen LogP contribution is 2.20. The summed E-state index contributed by atoms with van der Waals surface area (Å²) in [5.41, 5.74) is 3.83. The van der Waals surface area contributed by atoms with Crippen molar-refractivity contribution in [3.05, 3.63) is 70.8 Å². The van der Waals surface area contributed by atoms with Gasteiger partial charge in [-0.2, -0.15) is 11.8 Å². The van der Waals surface area contributed by atoms with Crippen LogP contribution in [0.3, 0.4) is 0 Å². The van der Waals surface area contributed by atoms with E-state index in [9.17, 15) is 4.79 Å². The molecule has 1 aliphatic heterocycles. The number of ketones is 1. The lowest BCUT2D eigenvalue weighted by atomic mass is 9.95. The molecule has 0 amide bonds. The lowest BCUT2D eigenvalue weighted by Gasteiger charge is -2.26. The second kappa shape index (κ2) is 7.12. The van der Waals surface area contributed by atoms with Crippen LogP contribution in [0.2, 0.25) is 0 Å². The van der Waals surface area contributed by atoms with Crippen molar-refractivity contribution in [1.82, 2.24) is 4.90 Å². The number of hydrogen-bond donors (Lipinski definition) is 0. The summed E-state index contributed by atoms with van der Waals surface area (Å²) in [6.07, 6.45) is 0. The molecule has 2 aromatic rings. The fourth-order valence-electron chi connectivity index (χ4n) is 2.85. The minimum Gasteiger partial charge on any atom is -0.297 e. The van der Waals surface area contributed by atoms with Crippen molar-refractivity contribution in [2.75, 3.05) is 24.6 Å². The number of aryl methyl sites for hydroxylation is 1. The first-order valence-corrected chi connectivity index (χ1v) is 8.89. The largest absolute Gasteiger partial charge is 0.297 e. The first-order valence-electron chi connectivity index (χ1n) is 7.74. The first-order chi connectivity index (χ1) is 10.8. The molecule has 0 spiro atoms. The smallest absolute Gasteiger partial charge is 0.193 e. The van der Waals surface area contributed by atoms with Gasteiger partial charge in [0, 0.05) is 42.3 Å². The third-order valence-electron chi connectivity index (χ3n) is 4.15. The van der Waals surface area contributed by atoms with E-state index in [1.807, 2.05) is 61.2 Å². The SMILES string of the molecule is Cc1ccccc1C(=O)c1ccccc1CN1CCSCC1. The molecule has 0 aliphatic carbocycles. The summed E-state index contributed by atoms with van der Waals surface area (Å²) in [5.74, 6) is 2.52. The molecule has 0 bridgehead atoms. The van der Waals surface area contributed by atoms with Crippen molar-refractivity contribution < 1.29 is 4.79 Å². The van der Waals surface area contributed by atoms with E-state index in [0.717, 1.165) is 41.9 Å². The van der Waals surface area contributed by atoms with Gasteiger partial charge >= 0.3 is 0 Å². The van der Waals surface area contributed by atoms with Crippen molar-refractivity contribution in [2.45, 2.75) is 13.5 Å². The number of hydrogen-bond acceptors (Lipinski definition) is 3. The molecule has 1 aliphatic rings. The molecular weight excluding hydrogens is 290 g/mol. The Balaban J connectivity index is 1.87. The van der Waals surface area contributed by atoms with Crippen LogP contribution in [0.4, 0.5) is 0 Å². The maximum absolute atomic E-state index is 12.9. The van der Waals surface area contributed by atoms with Gasteiger partial charge in [-0.1, -0.05) is 48.5 Å². The Morgan fingerprint density at radius 2 is 1.64 bits per heavy atom. The summed E-state index contributed by atoms with van der Waals surface area (Å²) in [4.78, 5) is 15.4. The van der Waals surface area contributed by atoms with E-state index in [4.69, 9.17) is 0 Å². The molecule has 0 N–H and O–H groups in total. The Labute approximate surface area is 136 Å². The van der Waals surface area contributed by atoms with Gasteiger partial charge in [0.25, 0.3) is 0 Å². The summed E-state index contributed by atoms with van der Waals surface area (Å²) in [5, 5.41) is 0. The summed E-state index contributed by atoms with van der Waals surface area (Å²) >= 11 is 2.01. The zero-order valence-electron chi connectivity index (χ0n) is 12.9. The Morgan fingerprint density at radius 1 is 1.00 bits per heavy atom. The fourth-order valence-corrected chi connectivity index (χ4v) is 3.83. The van der Waals surface area contributed by atoms with Crippen LogP contribution in [0.15, 0.2) is 48.5 Å². The molecule has 0 radical (unpaired) electrons. The van der Waals surface area contributed by atoms with Gasteiger partial charge in [0.15, 0.2) is 5.78 Å². The quantitative estimate of drug-likeness (QED) is 0.802. The second-order valence-corrected chi connectivity index (χ2v) is 6.91. The van der Waals surface area contributed by atoms with Gasteiger partial charge in [-0.3, -0.25) is 9.69 Å². The van der Waals surface area contributed by atoms with E-state index in [0.29, 0.717) is 0 Å². The average Bonchev–Trinajstić information content (AvgIpc) is 2.56. The maximum Gasteiger partial charge on any atom is 0.193 e. The number of rotatable bonds is 4. The molecular formula is C19H21NOS. The molecule has 0 unspecified atom stereocenters. The van der Waals surface area contributed by atoms with E-state index in [1.54, 1.807) is 0 Å². The molecule has 1 heterocycles. The zero-order chi connectivity index (χ0) is 15.4. The minimum absolute atomic E-state index is 0.139. The molecule has 3 rings (SSSR count). The van der Waals surface area contributed by atoms with E-state index in [-0.39, 0.29) is 5.78 Å². The molecule has 2 aromatic carbocycles. The third kappa shape index (κ3) is 3.42. The standard InChI is InChI=1S/C19H21NOS/c1-15-6-2-4-8-17(15)19(21)18-9-5-3-7-16(18)14-20-10-12-22-13-11-20/h2-9H,10-14H2,1H3. The number of benzene rings is 2. The molecule has 0 saturated carbocycles. The van der Waals surface area contributed by atoms with Crippen LogP contribution in [0.5, 0.6) is 0 Å². The monoisotopic (exact) mass is 311 g/mol. The zero-order valence-corrected chi connectivity index (χ0v) is 13.7. The van der Waals surface area contributed by atoms with Crippen LogP contribution in [-0.2, 0) is 6.54 Å². The third-order valence-corrected chi connectivity index (χ3v) is 5.09. The minimum atomic E-state index is 0.139. The Bertz CT molecular complexity index is 662. The second-order valence-electron chi connectivity index (χ2n) is 5.69. The highest BCUT2D eigenvalue weighted by molar-refractivity contribution is 7.99. The summed E-state index contributed by atoms with van der Waals surface area (Å²) in [7, 11) is 0. The predicted molar refractivity (Wildman–Crippen MR) is 93.7 cm³/mol. The molecule has 114 valence electrons. The van der Waals surface area contributed by atoms with Crippen LogP contribution in [-0.4, -0.2) is 35.3 Å². The molecule has 1 saturated heterocycles. The number of thioether (sulfide) groups is 1. The Hall–Kier alpha value is -1.58. The predicted octanol–water partition coefficient (Wildman–Crippen LogP) is 3.77. The Morgan fingerprint density at radius 3 is 2.36 bits per heavy atom. The lowest BCUT2D eigenvalue weighted by molar-refractivity contribution is 0.103. The van der Waals surface area contributed by atoms with Gasteiger partial charge in [0.2, 0.25) is 0 Å². The molecule has 1 fully saturated rings. The summed E-state index contributed by atoms with van der Waals surface area (Å²) in [6, 6.07) is 15.9. The van der Waals surface area contributed by atoms with Crippen molar-refractivity contribution >= 4 is 17.5 Å². The van der Waals surface area contributed by atoms with Gasteiger partial charge < -0.3 is 0 Å². The van der Waals surface area contributed by atoms with Crippen molar-refractivity contribution in [3.63, 3.8) is 0 Å². The average molecular weight is 311 g/mol. The highest BCUT2D eigenvalue weighted by atomic mass is 32.2. The first kappa shape index (κ1) is 15.3. The molecule has 2 nitrogen and oxygen atoms in total. The normalized spacial score (nSPS) is 15.7. The van der Waals surface area contributed by atoms with Crippen LogP contribution < -0.4 is 0 Å². The van der Waals surface area contributed by atoms with Crippen molar-refractivity contribution in [1.29, 1.82) is 0 Å². The van der Waals surface area contributed by atoms with Gasteiger partial charge in [-0.05, 0) is 18.1 Å². The van der Waals surface area contributed by atoms with E-state index in [1.165, 1.54) is 11.5 Å². The fraction of sp³-hybridized carbons (Fsp3) is 0.316. The number of nitrogens with zero attached hydrogens (tertiary/aromatic N) is 1. The van der Waals surface area contributed by atoms with E-state index < -0.39 is 0 Å². The van der Waals surface area contributed by atoms with Gasteiger partial charge in [0.05, 0.1) is 0 Å². The molecule has 3 heteroatoms. The number of carbonyl (C=O) groups is 1. The topological polar surface area (TPSA) is 20.3 Å². The highest BCUT2D eigenvalue weighted by Gasteiger charge is 2.17. The van der Waals surface area contributed by atoms with Crippen molar-refractivity contribution in [2.24, 2.45) is 0 Å². The van der Waals surface area contributed by atoms with E-state index in [2.05, 4.69) is 11.0 Å². The van der Waals surface area contributed by atoms with Crippen LogP contribution in [0.25, 0.3) is 0 Å². The molecule has 0 aromatic heterocycles. The Kier molecular flexibility index (Phi) is 4.96. The molecule has 22 heavy (non-hydrogen) atoms. The van der Waals surface area contributed by atoms with Gasteiger partial charge in [0.1, 0.15) is 0 Å². The van der Waals surface area contributed by atoms with Crippen LogP contribution in [0.1, 0.15) is 27.0 Å². The van der Waals surface area contributed by atoms with Crippen LogP contribution >= 0.6 is 11.8 Å². The maximum atomic E-state index is 12.9. The number of carbonyl (C=O) groups excluding carboxylic acids is 1. The van der Waals surface area contributed by atoms with Gasteiger partial charge in [-0.25, -0.2) is 0 Å². The van der Waals surface area contributed by atoms with Gasteiger partial charge in [-0.15, -0.1) is 0 Å². The lowest BCUT2D eigenvalue weighted by Crippen LogP contribution is -2.32. The van der Waals surface area contributed by atoms with E-state index >= 15 is 0 Å². The molecule has 0 atom stereocenters. The summed E-state index contributed by atoms with van der Waals surface area (Å²) < 4.78 is 0. The van der Waals surface area contributed by atoms with Crippen LogP contribution in [0, 0.1) is 6.92 Å². The summed E-state index contributed by atoms with van der Waals surface area (Å²) in [6.45, 7) is 5.08.